The highest BCUT2D eigenvalue weighted by molar-refractivity contribution is 7.11. The molecule has 2 aliphatic rings. The molecule has 1 aromatic heterocycles. The highest BCUT2D eigenvalue weighted by atomic mass is 32.1. The van der Waals surface area contributed by atoms with Crippen molar-refractivity contribution < 1.29 is 9.84 Å². The summed E-state index contributed by atoms with van der Waals surface area (Å²) in [6.07, 6.45) is 7.66. The molecule has 0 spiro atoms. The maximum Gasteiger partial charge on any atom is 0.0957 e. The van der Waals surface area contributed by atoms with E-state index in [-0.39, 0.29) is 6.10 Å². The van der Waals surface area contributed by atoms with Crippen LogP contribution in [0.2, 0.25) is 0 Å². The number of hydrogen-bond donors (Lipinski definition) is 1. The van der Waals surface area contributed by atoms with Gasteiger partial charge in [-0.2, -0.15) is 0 Å². The lowest BCUT2D eigenvalue weighted by Gasteiger charge is -2.21. The molecule has 0 radical (unpaired) electrons. The average molecular weight is 253 g/mol. The van der Waals surface area contributed by atoms with Crippen molar-refractivity contribution >= 4 is 11.3 Å². The van der Waals surface area contributed by atoms with Crippen LogP contribution in [0.5, 0.6) is 0 Å². The van der Waals surface area contributed by atoms with Crippen LogP contribution in [0, 0.1) is 0 Å². The van der Waals surface area contributed by atoms with E-state index in [1.165, 1.54) is 12.8 Å². The van der Waals surface area contributed by atoms with Crippen molar-refractivity contribution in [3.63, 3.8) is 0 Å². The number of thiazole rings is 1. The first kappa shape index (κ1) is 11.6. The first-order valence-electron chi connectivity index (χ1n) is 6.61. The van der Waals surface area contributed by atoms with Gasteiger partial charge in [-0.1, -0.05) is 0 Å². The van der Waals surface area contributed by atoms with Gasteiger partial charge in [0.05, 0.1) is 27.8 Å². The second-order valence-electron chi connectivity index (χ2n) is 5.02. The summed E-state index contributed by atoms with van der Waals surface area (Å²) in [7, 11) is 0. The number of rotatable bonds is 2. The van der Waals surface area contributed by atoms with Gasteiger partial charge in [0.2, 0.25) is 0 Å². The molecule has 3 rings (SSSR count). The second kappa shape index (κ2) is 5.04. The Morgan fingerprint density at radius 2 is 2.24 bits per heavy atom. The predicted octanol–water partition coefficient (Wildman–Crippen LogP) is 2.62. The normalized spacial score (nSPS) is 29.0. The molecule has 17 heavy (non-hydrogen) atoms. The molecule has 2 heterocycles. The largest absolute Gasteiger partial charge is 0.388 e. The molecule has 94 valence electrons. The van der Waals surface area contributed by atoms with Crippen LogP contribution in [0.25, 0.3) is 0 Å². The lowest BCUT2D eigenvalue weighted by atomic mass is 10.0. The Morgan fingerprint density at radius 3 is 3.00 bits per heavy atom. The smallest absolute Gasteiger partial charge is 0.0957 e. The summed E-state index contributed by atoms with van der Waals surface area (Å²) in [5.41, 5.74) is 1.14. The molecule has 1 aliphatic carbocycles. The van der Waals surface area contributed by atoms with Crippen LogP contribution < -0.4 is 0 Å². The van der Waals surface area contributed by atoms with Crippen LogP contribution in [0.4, 0.5) is 0 Å². The van der Waals surface area contributed by atoms with Crippen molar-refractivity contribution in [2.45, 2.75) is 57.2 Å². The molecular weight excluding hydrogens is 234 g/mol. The first-order chi connectivity index (χ1) is 8.33. The van der Waals surface area contributed by atoms with E-state index in [0.29, 0.717) is 6.10 Å². The first-order valence-corrected chi connectivity index (χ1v) is 7.43. The van der Waals surface area contributed by atoms with E-state index in [1.54, 1.807) is 11.3 Å². The second-order valence-corrected chi connectivity index (χ2v) is 6.13. The Morgan fingerprint density at radius 1 is 1.29 bits per heavy atom. The molecule has 0 amide bonds. The summed E-state index contributed by atoms with van der Waals surface area (Å²) in [5.74, 6) is 0. The molecular formula is C13H19NO2S. The monoisotopic (exact) mass is 253 g/mol. The molecule has 1 aromatic rings. The van der Waals surface area contributed by atoms with E-state index in [1.807, 2.05) is 0 Å². The van der Waals surface area contributed by atoms with Crippen LogP contribution in [-0.2, 0) is 17.6 Å². The molecule has 1 N–H and O–H groups in total. The Bertz CT molecular complexity index is 385. The minimum atomic E-state index is -0.266. The zero-order valence-corrected chi connectivity index (χ0v) is 10.8. The van der Waals surface area contributed by atoms with Crippen molar-refractivity contribution in [1.29, 1.82) is 0 Å². The molecule has 3 nitrogen and oxygen atoms in total. The van der Waals surface area contributed by atoms with Crippen molar-refractivity contribution in [2.24, 2.45) is 0 Å². The van der Waals surface area contributed by atoms with Crippen LogP contribution in [0.3, 0.4) is 0 Å². The summed E-state index contributed by atoms with van der Waals surface area (Å²) in [6.45, 7) is 0.901. The van der Waals surface area contributed by atoms with E-state index in [0.717, 1.165) is 54.3 Å². The Kier molecular flexibility index (Phi) is 3.45. The highest BCUT2D eigenvalue weighted by Gasteiger charge is 2.24. The third-order valence-corrected chi connectivity index (χ3v) is 4.86. The van der Waals surface area contributed by atoms with Gasteiger partial charge < -0.3 is 9.84 Å². The molecule has 2 atom stereocenters. The molecule has 2 unspecified atom stereocenters. The number of aliphatic hydroxyl groups excluding tert-OH is 1. The summed E-state index contributed by atoms with van der Waals surface area (Å²) in [5, 5.41) is 11.1. The molecule has 0 saturated carbocycles. The number of aliphatic hydroxyl groups is 1. The number of nitrogens with zero attached hydrogens (tertiary/aromatic N) is 1. The van der Waals surface area contributed by atoms with Gasteiger partial charge in [0.15, 0.2) is 0 Å². The van der Waals surface area contributed by atoms with Gasteiger partial charge in [0.1, 0.15) is 0 Å². The molecule has 0 aromatic carbocycles. The Balaban J connectivity index is 1.71. The molecule has 1 saturated heterocycles. The molecule has 4 heteroatoms. The zero-order chi connectivity index (χ0) is 11.7. The van der Waals surface area contributed by atoms with E-state index in [2.05, 4.69) is 4.98 Å². The fourth-order valence-corrected chi connectivity index (χ4v) is 3.90. The highest BCUT2D eigenvalue weighted by Crippen LogP contribution is 2.34. The number of ether oxygens (including phenoxy) is 1. The number of fused-ring (bicyclic) bond motifs is 1. The predicted molar refractivity (Wildman–Crippen MR) is 67.3 cm³/mol. The van der Waals surface area contributed by atoms with Crippen LogP contribution in [0.1, 0.15) is 53.8 Å². The lowest BCUT2D eigenvalue weighted by Crippen LogP contribution is -2.21. The summed E-state index contributed by atoms with van der Waals surface area (Å²) < 4.78 is 5.74. The van der Waals surface area contributed by atoms with Gasteiger partial charge >= 0.3 is 0 Å². The number of aromatic nitrogens is 1. The van der Waals surface area contributed by atoms with Crippen molar-refractivity contribution in [2.75, 3.05) is 6.61 Å². The average Bonchev–Trinajstić information content (AvgIpc) is 2.74. The van der Waals surface area contributed by atoms with E-state index < -0.39 is 0 Å². The maximum atomic E-state index is 9.92. The molecule has 1 aliphatic heterocycles. The third-order valence-electron chi connectivity index (χ3n) is 3.64. The quantitative estimate of drug-likeness (QED) is 0.881. The van der Waals surface area contributed by atoms with Gasteiger partial charge in [0.25, 0.3) is 0 Å². The lowest BCUT2D eigenvalue weighted by molar-refractivity contribution is 0.0167. The van der Waals surface area contributed by atoms with E-state index in [9.17, 15) is 5.11 Å². The Hall–Kier alpha value is -0.450. The van der Waals surface area contributed by atoms with Gasteiger partial charge in [0, 0.05) is 13.0 Å². The van der Waals surface area contributed by atoms with Crippen molar-refractivity contribution in [1.82, 2.24) is 4.98 Å². The standard InChI is InChI=1S/C13H19NO2S/c15-11-6-3-5-10-13(11)17-12(14-10)8-9-4-1-2-7-16-9/h9,11,15H,1-8H2. The topological polar surface area (TPSA) is 42.4 Å². The summed E-state index contributed by atoms with van der Waals surface area (Å²) >= 11 is 1.70. The molecule has 1 fully saturated rings. The van der Waals surface area contributed by atoms with E-state index >= 15 is 0 Å². The van der Waals surface area contributed by atoms with Crippen molar-refractivity contribution in [3.05, 3.63) is 15.6 Å². The Labute approximate surface area is 106 Å². The summed E-state index contributed by atoms with van der Waals surface area (Å²) in [4.78, 5) is 5.79. The molecule has 0 bridgehead atoms. The fraction of sp³-hybridized carbons (Fsp3) is 0.769. The SMILES string of the molecule is OC1CCCc2nc(CC3CCCCO3)sc21. The van der Waals surface area contributed by atoms with Crippen LogP contribution >= 0.6 is 11.3 Å². The number of aryl methyl sites for hydroxylation is 1. The number of hydrogen-bond acceptors (Lipinski definition) is 4. The zero-order valence-electron chi connectivity index (χ0n) is 10.0. The minimum absolute atomic E-state index is 0.266. The van der Waals surface area contributed by atoms with Gasteiger partial charge in [-0.15, -0.1) is 11.3 Å². The summed E-state index contributed by atoms with van der Waals surface area (Å²) in [6, 6.07) is 0. The maximum absolute atomic E-state index is 9.92. The minimum Gasteiger partial charge on any atom is -0.388 e. The van der Waals surface area contributed by atoms with Crippen LogP contribution in [-0.4, -0.2) is 22.8 Å². The van der Waals surface area contributed by atoms with Crippen molar-refractivity contribution in [3.8, 4) is 0 Å². The van der Waals surface area contributed by atoms with Gasteiger partial charge in [-0.05, 0) is 38.5 Å². The van der Waals surface area contributed by atoms with Gasteiger partial charge in [-0.3, -0.25) is 0 Å². The fourth-order valence-electron chi connectivity index (χ4n) is 2.70. The van der Waals surface area contributed by atoms with Crippen LogP contribution in [0.15, 0.2) is 0 Å². The van der Waals surface area contributed by atoms with Gasteiger partial charge in [-0.25, -0.2) is 4.98 Å². The van der Waals surface area contributed by atoms with E-state index in [4.69, 9.17) is 4.74 Å². The third kappa shape index (κ3) is 2.54.